The van der Waals surface area contributed by atoms with E-state index in [1.165, 1.54) is 4.88 Å². The van der Waals surface area contributed by atoms with Crippen molar-refractivity contribution in [2.75, 3.05) is 19.6 Å². The van der Waals surface area contributed by atoms with Crippen LogP contribution in [0.1, 0.15) is 28.3 Å². The normalized spacial score (nSPS) is 16.8. The summed E-state index contributed by atoms with van der Waals surface area (Å²) in [6, 6.07) is 24.0. The van der Waals surface area contributed by atoms with Crippen molar-refractivity contribution in [1.29, 1.82) is 0 Å². The largest absolute Gasteiger partial charge is 0.355 e. The fourth-order valence-electron chi connectivity index (χ4n) is 4.04. The third kappa shape index (κ3) is 5.60. The molecule has 0 bridgehead atoms. The average molecular weight is 434 g/mol. The highest BCUT2D eigenvalue weighted by atomic mass is 32.1. The van der Waals surface area contributed by atoms with Crippen molar-refractivity contribution >= 4 is 23.2 Å². The van der Waals surface area contributed by atoms with Crippen LogP contribution in [0.2, 0.25) is 0 Å². The molecule has 3 aromatic rings. The zero-order chi connectivity index (χ0) is 21.5. The van der Waals surface area contributed by atoms with Gasteiger partial charge in [-0.05, 0) is 22.6 Å². The minimum Gasteiger partial charge on any atom is -0.355 e. The van der Waals surface area contributed by atoms with E-state index in [0.717, 1.165) is 17.7 Å². The summed E-state index contributed by atoms with van der Waals surface area (Å²) in [5.74, 6) is -0.107. The predicted molar refractivity (Wildman–Crippen MR) is 124 cm³/mol. The zero-order valence-corrected chi connectivity index (χ0v) is 18.2. The molecule has 0 saturated carbocycles. The summed E-state index contributed by atoms with van der Waals surface area (Å²) in [6.07, 6.45) is 0.160. The van der Waals surface area contributed by atoms with E-state index < -0.39 is 6.04 Å². The van der Waals surface area contributed by atoms with E-state index in [9.17, 15) is 9.59 Å². The van der Waals surface area contributed by atoms with Crippen molar-refractivity contribution in [3.63, 3.8) is 0 Å². The quantitative estimate of drug-likeness (QED) is 0.573. The summed E-state index contributed by atoms with van der Waals surface area (Å²) in [5, 5.41) is 8.03. The molecule has 0 radical (unpaired) electrons. The van der Waals surface area contributed by atoms with Crippen LogP contribution in [-0.4, -0.2) is 42.4 Å². The first kappa shape index (κ1) is 21.3. The third-order valence-corrected chi connectivity index (χ3v) is 6.53. The topological polar surface area (TPSA) is 61.4 Å². The minimum atomic E-state index is -0.442. The molecule has 2 heterocycles. The highest BCUT2D eigenvalue weighted by Crippen LogP contribution is 2.24. The molecule has 4 rings (SSSR count). The lowest BCUT2D eigenvalue weighted by Crippen LogP contribution is -2.56. The number of nitrogens with zero attached hydrogens (tertiary/aromatic N) is 1. The first-order valence-corrected chi connectivity index (χ1v) is 11.5. The SMILES string of the molecule is O=C(C[C@H]1C(=O)NCCN1Cc1cccs1)NCC(c1ccccc1)c1ccccc1. The van der Waals surface area contributed by atoms with Crippen molar-refractivity contribution in [2.45, 2.75) is 24.9 Å². The van der Waals surface area contributed by atoms with Gasteiger partial charge in [-0.25, -0.2) is 0 Å². The molecule has 160 valence electrons. The van der Waals surface area contributed by atoms with E-state index in [1.807, 2.05) is 47.8 Å². The fourth-order valence-corrected chi connectivity index (χ4v) is 4.77. The molecule has 1 aliphatic heterocycles. The summed E-state index contributed by atoms with van der Waals surface area (Å²) in [6.45, 7) is 2.55. The van der Waals surface area contributed by atoms with Crippen LogP contribution in [0.5, 0.6) is 0 Å². The van der Waals surface area contributed by atoms with Gasteiger partial charge in [-0.1, -0.05) is 66.7 Å². The van der Waals surface area contributed by atoms with Gasteiger partial charge in [-0.2, -0.15) is 0 Å². The van der Waals surface area contributed by atoms with Crippen LogP contribution in [0.4, 0.5) is 0 Å². The van der Waals surface area contributed by atoms with Gasteiger partial charge in [0.25, 0.3) is 0 Å². The first-order chi connectivity index (χ1) is 15.2. The van der Waals surface area contributed by atoms with Crippen LogP contribution in [0.25, 0.3) is 0 Å². The number of benzene rings is 2. The van der Waals surface area contributed by atoms with Crippen LogP contribution in [0.3, 0.4) is 0 Å². The Morgan fingerprint density at radius 3 is 2.32 bits per heavy atom. The number of nitrogens with one attached hydrogen (secondary N) is 2. The fraction of sp³-hybridized carbons (Fsp3) is 0.280. The third-order valence-electron chi connectivity index (χ3n) is 5.67. The van der Waals surface area contributed by atoms with E-state index >= 15 is 0 Å². The molecule has 2 amide bonds. The molecule has 1 aromatic heterocycles. The van der Waals surface area contributed by atoms with Crippen molar-refractivity contribution in [1.82, 2.24) is 15.5 Å². The van der Waals surface area contributed by atoms with Crippen LogP contribution in [-0.2, 0) is 16.1 Å². The molecular weight excluding hydrogens is 406 g/mol. The van der Waals surface area contributed by atoms with Gasteiger partial charge in [0.1, 0.15) is 0 Å². The van der Waals surface area contributed by atoms with Gasteiger partial charge < -0.3 is 10.6 Å². The lowest BCUT2D eigenvalue weighted by atomic mass is 9.91. The maximum Gasteiger partial charge on any atom is 0.237 e. The second-order valence-electron chi connectivity index (χ2n) is 7.74. The predicted octanol–water partition coefficient (Wildman–Crippen LogP) is 3.39. The lowest BCUT2D eigenvalue weighted by molar-refractivity contribution is -0.134. The minimum absolute atomic E-state index is 0.0637. The number of rotatable bonds is 8. The summed E-state index contributed by atoms with van der Waals surface area (Å²) in [7, 11) is 0. The van der Waals surface area contributed by atoms with E-state index in [2.05, 4.69) is 45.9 Å². The van der Waals surface area contributed by atoms with Gasteiger partial charge in [0.2, 0.25) is 11.8 Å². The lowest BCUT2D eigenvalue weighted by Gasteiger charge is -2.34. The second-order valence-corrected chi connectivity index (χ2v) is 8.77. The smallest absolute Gasteiger partial charge is 0.237 e. The monoisotopic (exact) mass is 433 g/mol. The van der Waals surface area contributed by atoms with Gasteiger partial charge in [-0.15, -0.1) is 11.3 Å². The van der Waals surface area contributed by atoms with Crippen LogP contribution in [0, 0.1) is 0 Å². The molecule has 0 spiro atoms. The number of piperazine rings is 1. The molecule has 0 aliphatic carbocycles. The Morgan fingerprint density at radius 2 is 1.71 bits per heavy atom. The molecule has 1 saturated heterocycles. The number of hydrogen-bond donors (Lipinski definition) is 2. The Morgan fingerprint density at radius 1 is 1.03 bits per heavy atom. The number of hydrogen-bond acceptors (Lipinski definition) is 4. The van der Waals surface area contributed by atoms with Gasteiger partial charge in [0, 0.05) is 37.0 Å². The maximum atomic E-state index is 12.9. The van der Waals surface area contributed by atoms with E-state index in [4.69, 9.17) is 0 Å². The second kappa shape index (κ2) is 10.4. The van der Waals surface area contributed by atoms with Crippen molar-refractivity contribution in [2.24, 2.45) is 0 Å². The van der Waals surface area contributed by atoms with Gasteiger partial charge in [-0.3, -0.25) is 14.5 Å². The molecule has 6 heteroatoms. The molecule has 5 nitrogen and oxygen atoms in total. The standard InChI is InChI=1S/C25H27N3O2S/c29-24(16-23-25(30)26-13-14-28(23)18-21-12-7-15-31-21)27-17-22(19-8-3-1-4-9-19)20-10-5-2-6-11-20/h1-12,15,22-23H,13-14,16-18H2,(H,26,30)(H,27,29)/t23-/m0/s1. The van der Waals surface area contributed by atoms with Crippen molar-refractivity contribution < 1.29 is 9.59 Å². The number of carbonyl (C=O) groups is 2. The Kier molecular flexibility index (Phi) is 7.12. The summed E-state index contributed by atoms with van der Waals surface area (Å²) in [5.41, 5.74) is 2.31. The molecule has 31 heavy (non-hydrogen) atoms. The Balaban J connectivity index is 1.42. The Labute approximate surface area is 187 Å². The highest BCUT2D eigenvalue weighted by molar-refractivity contribution is 7.09. The molecule has 1 atom stereocenters. The van der Waals surface area contributed by atoms with Crippen LogP contribution >= 0.6 is 11.3 Å². The summed E-state index contributed by atoms with van der Waals surface area (Å²) >= 11 is 1.67. The number of amides is 2. The van der Waals surface area contributed by atoms with E-state index in [1.54, 1.807) is 11.3 Å². The Bertz CT molecular complexity index is 937. The molecule has 2 aromatic carbocycles. The summed E-state index contributed by atoms with van der Waals surface area (Å²) in [4.78, 5) is 28.7. The molecular formula is C25H27N3O2S. The molecule has 1 fully saturated rings. The van der Waals surface area contributed by atoms with E-state index in [0.29, 0.717) is 19.6 Å². The van der Waals surface area contributed by atoms with E-state index in [-0.39, 0.29) is 24.2 Å². The average Bonchev–Trinajstić information content (AvgIpc) is 3.31. The molecule has 0 unspecified atom stereocenters. The molecule has 2 N–H and O–H groups in total. The van der Waals surface area contributed by atoms with Crippen molar-refractivity contribution in [3.05, 3.63) is 94.2 Å². The van der Waals surface area contributed by atoms with Gasteiger partial charge in [0.05, 0.1) is 12.5 Å². The number of carbonyl (C=O) groups excluding carboxylic acids is 2. The highest BCUT2D eigenvalue weighted by Gasteiger charge is 2.32. The number of thiophene rings is 1. The van der Waals surface area contributed by atoms with Gasteiger partial charge in [0.15, 0.2) is 0 Å². The Hall–Kier alpha value is -2.96. The maximum absolute atomic E-state index is 12.9. The van der Waals surface area contributed by atoms with Crippen LogP contribution in [0.15, 0.2) is 78.2 Å². The zero-order valence-electron chi connectivity index (χ0n) is 17.4. The van der Waals surface area contributed by atoms with Crippen molar-refractivity contribution in [3.8, 4) is 0 Å². The van der Waals surface area contributed by atoms with Crippen LogP contribution < -0.4 is 10.6 Å². The first-order valence-electron chi connectivity index (χ1n) is 10.6. The van der Waals surface area contributed by atoms with Gasteiger partial charge >= 0.3 is 0 Å². The summed E-state index contributed by atoms with van der Waals surface area (Å²) < 4.78 is 0. The molecule has 1 aliphatic rings.